The quantitative estimate of drug-likeness (QED) is 0.0991. The van der Waals surface area contributed by atoms with Gasteiger partial charge < -0.3 is 34.5 Å². The van der Waals surface area contributed by atoms with Gasteiger partial charge in [0, 0.05) is 6.92 Å². The third kappa shape index (κ3) is 11.4. The van der Waals surface area contributed by atoms with E-state index in [1.54, 1.807) is 86.6 Å². The number of ether oxygens (including phenoxy) is 4. The van der Waals surface area contributed by atoms with Crippen molar-refractivity contribution in [1.29, 1.82) is 0 Å². The van der Waals surface area contributed by atoms with Crippen molar-refractivity contribution in [2.75, 3.05) is 33.9 Å². The Labute approximate surface area is 403 Å². The molecule has 1 saturated carbocycles. The van der Waals surface area contributed by atoms with Gasteiger partial charge in [0.05, 0.1) is 74.1 Å². The molecule has 7 amide bonds. The lowest BCUT2D eigenvalue weighted by molar-refractivity contribution is -0.152. The van der Waals surface area contributed by atoms with Crippen molar-refractivity contribution in [3.8, 4) is 23.0 Å². The number of aryl methyl sites for hydroxylation is 2. The van der Waals surface area contributed by atoms with Crippen LogP contribution in [-0.4, -0.2) is 118 Å². The minimum absolute atomic E-state index is 0.0405. The molecule has 0 radical (unpaired) electrons. The van der Waals surface area contributed by atoms with Gasteiger partial charge in [0.25, 0.3) is 23.6 Å². The molecule has 368 valence electrons. The summed E-state index contributed by atoms with van der Waals surface area (Å²) in [7, 11) is 2.99. The maximum atomic E-state index is 13.3. The van der Waals surface area contributed by atoms with Crippen molar-refractivity contribution in [2.24, 2.45) is 0 Å². The van der Waals surface area contributed by atoms with Gasteiger partial charge in [-0.15, -0.1) is 0 Å². The highest BCUT2D eigenvalue weighted by molar-refractivity contribution is 6.22. The van der Waals surface area contributed by atoms with E-state index in [-0.39, 0.29) is 34.8 Å². The summed E-state index contributed by atoms with van der Waals surface area (Å²) < 4.78 is 22.5. The smallest absolute Gasteiger partial charge is 0.323 e. The average Bonchev–Trinajstić information content (AvgIpc) is 3.99. The first-order chi connectivity index (χ1) is 33.4. The van der Waals surface area contributed by atoms with Gasteiger partial charge in [-0.25, -0.2) is 0 Å². The number of methoxy groups -OCH3 is 2. The Morgan fingerprint density at radius 3 is 1.61 bits per heavy atom. The first kappa shape index (κ1) is 51.3. The summed E-state index contributed by atoms with van der Waals surface area (Å²) in [5.74, 6) is -5.23. The standard InChI is InChI=1S/C26H28N2O7.C25H26N2O8/c1-15-7-9-18-19(11-15)26(33)28(25(18)32)20(13-23(29)27-14-24(30)31)16-8-10-21(34-2)22(12-16)35-17-5-3-4-6-17;1-5-35-21-11-16(7-9-20(21)34-4)19(12-22(29)26(15(3)28)13-23(30)31)27-24(32)17-8-6-14(2)10-18(17)25(27)33/h7-12,17,20H,3-6,13-14H2,1-2H3,(H,27,29)(H,30,31);6-11,19H,5,12-13H2,1-4H3,(H,30,31). The number of imide groups is 3. The van der Waals surface area contributed by atoms with Gasteiger partial charge >= 0.3 is 11.9 Å². The van der Waals surface area contributed by atoms with Gasteiger partial charge in [0.1, 0.15) is 13.1 Å². The van der Waals surface area contributed by atoms with E-state index in [1.165, 1.54) is 14.2 Å². The maximum absolute atomic E-state index is 13.3. The zero-order valence-electron chi connectivity index (χ0n) is 39.6. The van der Waals surface area contributed by atoms with E-state index in [9.17, 15) is 43.2 Å². The summed E-state index contributed by atoms with van der Waals surface area (Å²) in [6.07, 6.45) is 3.24. The number of rotatable bonds is 18. The fourth-order valence-corrected chi connectivity index (χ4v) is 8.58. The zero-order valence-corrected chi connectivity index (χ0v) is 39.6. The van der Waals surface area contributed by atoms with Crippen LogP contribution in [0.15, 0.2) is 72.8 Å². The molecule has 2 heterocycles. The third-order valence-corrected chi connectivity index (χ3v) is 12.0. The Hall–Kier alpha value is -8.09. The molecule has 19 nitrogen and oxygen atoms in total. The molecule has 3 aliphatic rings. The number of nitrogens with zero attached hydrogens (tertiary/aromatic N) is 3. The Bertz CT molecular complexity index is 2750. The summed E-state index contributed by atoms with van der Waals surface area (Å²) in [6, 6.07) is 17.6. The van der Waals surface area contributed by atoms with E-state index >= 15 is 0 Å². The zero-order chi connectivity index (χ0) is 51.0. The number of carboxylic acids is 2. The van der Waals surface area contributed by atoms with Gasteiger partial charge in [-0.3, -0.25) is 57.9 Å². The molecule has 0 bridgehead atoms. The number of fused-ring (bicyclic) bond motifs is 2. The number of hydrogen-bond acceptors (Lipinski definition) is 13. The van der Waals surface area contributed by atoms with Crippen LogP contribution in [0.25, 0.3) is 0 Å². The molecule has 4 aromatic rings. The second kappa shape index (κ2) is 22.3. The molecule has 70 heavy (non-hydrogen) atoms. The van der Waals surface area contributed by atoms with Crippen molar-refractivity contribution < 1.29 is 72.3 Å². The molecule has 2 aliphatic heterocycles. The first-order valence-corrected chi connectivity index (χ1v) is 22.5. The molecule has 0 spiro atoms. The fraction of sp³-hybridized carbons (Fsp3) is 0.353. The average molecular weight is 963 g/mol. The van der Waals surface area contributed by atoms with E-state index in [4.69, 9.17) is 29.2 Å². The van der Waals surface area contributed by atoms with Gasteiger partial charge in [-0.05, 0) is 106 Å². The van der Waals surface area contributed by atoms with Crippen LogP contribution < -0.4 is 24.3 Å². The summed E-state index contributed by atoms with van der Waals surface area (Å²) in [4.78, 5) is 116. The summed E-state index contributed by atoms with van der Waals surface area (Å²) in [6.45, 7) is 5.37. The Kier molecular flexibility index (Phi) is 16.4. The van der Waals surface area contributed by atoms with Crippen LogP contribution in [0.2, 0.25) is 0 Å². The number of aliphatic carboxylic acids is 2. The highest BCUT2D eigenvalue weighted by Crippen LogP contribution is 2.40. The van der Waals surface area contributed by atoms with Crippen molar-refractivity contribution >= 4 is 53.3 Å². The molecule has 0 aromatic heterocycles. The molecule has 2 atom stereocenters. The second-order valence-corrected chi connectivity index (χ2v) is 16.8. The number of hydrogen-bond donors (Lipinski definition) is 3. The molecule has 2 unspecified atom stereocenters. The van der Waals surface area contributed by atoms with E-state index in [1.807, 2.05) is 6.92 Å². The van der Waals surface area contributed by atoms with Crippen molar-refractivity contribution in [3.63, 3.8) is 0 Å². The van der Waals surface area contributed by atoms with Crippen LogP contribution in [-0.2, 0) is 24.0 Å². The Morgan fingerprint density at radius 2 is 1.14 bits per heavy atom. The van der Waals surface area contributed by atoms with Crippen LogP contribution in [0.3, 0.4) is 0 Å². The molecular formula is C51H54N4O15. The number of carboxylic acid groups (broad SMARTS) is 2. The molecule has 4 aromatic carbocycles. The van der Waals surface area contributed by atoms with Crippen LogP contribution in [0.5, 0.6) is 23.0 Å². The number of carbonyl (C=O) groups excluding carboxylic acids is 7. The van der Waals surface area contributed by atoms with Crippen LogP contribution in [0, 0.1) is 13.8 Å². The third-order valence-electron chi connectivity index (χ3n) is 12.0. The molecule has 0 saturated heterocycles. The topological polar surface area (TPSA) is 253 Å². The van der Waals surface area contributed by atoms with E-state index in [2.05, 4.69) is 5.32 Å². The lowest BCUT2D eigenvalue weighted by Crippen LogP contribution is -2.42. The van der Waals surface area contributed by atoms with Gasteiger partial charge in [-0.1, -0.05) is 35.4 Å². The number of carbonyl (C=O) groups is 9. The molecule has 3 N–H and O–H groups in total. The van der Waals surface area contributed by atoms with E-state index < -0.39 is 84.9 Å². The van der Waals surface area contributed by atoms with Crippen LogP contribution in [0.1, 0.15) is 128 Å². The van der Waals surface area contributed by atoms with Crippen LogP contribution >= 0.6 is 0 Å². The van der Waals surface area contributed by atoms with Crippen molar-refractivity contribution in [3.05, 3.63) is 117 Å². The Morgan fingerprint density at radius 1 is 0.657 bits per heavy atom. The molecule has 7 rings (SSSR count). The highest BCUT2D eigenvalue weighted by Gasteiger charge is 2.44. The predicted molar refractivity (Wildman–Crippen MR) is 249 cm³/mol. The predicted octanol–water partition coefficient (Wildman–Crippen LogP) is 5.84. The largest absolute Gasteiger partial charge is 0.493 e. The fourth-order valence-electron chi connectivity index (χ4n) is 8.58. The van der Waals surface area contributed by atoms with Gasteiger partial charge in [-0.2, -0.15) is 0 Å². The first-order valence-electron chi connectivity index (χ1n) is 22.5. The summed E-state index contributed by atoms with van der Waals surface area (Å²) in [5, 5.41) is 20.4. The summed E-state index contributed by atoms with van der Waals surface area (Å²) in [5.41, 5.74) is 3.47. The monoisotopic (exact) mass is 962 g/mol. The lowest BCUT2D eigenvalue weighted by Gasteiger charge is -2.28. The molecular weight excluding hydrogens is 909 g/mol. The van der Waals surface area contributed by atoms with E-state index in [0.29, 0.717) is 45.6 Å². The van der Waals surface area contributed by atoms with Gasteiger partial charge in [0.2, 0.25) is 17.7 Å². The van der Waals surface area contributed by atoms with Gasteiger partial charge in [0.15, 0.2) is 23.0 Å². The second-order valence-electron chi connectivity index (χ2n) is 16.8. The van der Waals surface area contributed by atoms with Crippen molar-refractivity contribution in [1.82, 2.24) is 20.0 Å². The molecule has 1 aliphatic carbocycles. The number of benzene rings is 4. The minimum Gasteiger partial charge on any atom is -0.493 e. The number of amides is 7. The minimum atomic E-state index is -1.37. The number of nitrogens with one attached hydrogen (secondary N) is 1. The maximum Gasteiger partial charge on any atom is 0.323 e. The highest BCUT2D eigenvalue weighted by atomic mass is 16.5. The Balaban J connectivity index is 0.000000230. The normalized spacial score (nSPS) is 14.8. The summed E-state index contributed by atoms with van der Waals surface area (Å²) >= 11 is 0. The van der Waals surface area contributed by atoms with Crippen LogP contribution in [0.4, 0.5) is 0 Å². The molecule has 19 heteroatoms. The van der Waals surface area contributed by atoms with Crippen molar-refractivity contribution in [2.45, 2.75) is 84.4 Å². The molecule has 1 fully saturated rings. The SMILES string of the molecule is CCOc1cc(C(CC(=O)N(CC(=O)O)C(C)=O)N2C(=O)c3ccc(C)cc3C2=O)ccc1OC.COc1ccc(C(CC(=O)NCC(=O)O)N2C(=O)c3ccc(C)cc3C2=O)cc1OC1CCCC1. The van der Waals surface area contributed by atoms with E-state index in [0.717, 1.165) is 53.5 Å². The lowest BCUT2D eigenvalue weighted by atomic mass is 10.00.